The van der Waals surface area contributed by atoms with Gasteiger partial charge in [-0.3, -0.25) is 0 Å². The molecule has 0 aliphatic heterocycles. The fourth-order valence-electron chi connectivity index (χ4n) is 7.32. The van der Waals surface area contributed by atoms with Crippen molar-refractivity contribution in [2.24, 2.45) is 23.2 Å². The third kappa shape index (κ3) is 2.63. The first kappa shape index (κ1) is 17.0. The number of rotatable bonds is 4. The van der Waals surface area contributed by atoms with Crippen LogP contribution in [0.1, 0.15) is 51.0 Å². The maximum atomic E-state index is 6.73. The Balaban J connectivity index is 1.33. The molecule has 1 heteroatoms. The van der Waals surface area contributed by atoms with Crippen LogP contribution in [0.2, 0.25) is 0 Å². The Morgan fingerprint density at radius 3 is 1.86 bits per heavy atom. The second kappa shape index (κ2) is 6.32. The van der Waals surface area contributed by atoms with Gasteiger partial charge in [0, 0.05) is 0 Å². The van der Waals surface area contributed by atoms with Crippen LogP contribution in [0.25, 0.3) is 21.5 Å². The van der Waals surface area contributed by atoms with E-state index in [1.807, 2.05) is 0 Å². The number of hydrogen-bond donors (Lipinski definition) is 0. The lowest BCUT2D eigenvalue weighted by Gasteiger charge is -2.58. The third-order valence-electron chi connectivity index (χ3n) is 8.31. The maximum Gasteiger partial charge on any atom is 0.0732 e. The molecule has 0 aromatic heterocycles. The van der Waals surface area contributed by atoms with Crippen LogP contribution in [0, 0.1) is 23.2 Å². The molecule has 28 heavy (non-hydrogen) atoms. The van der Waals surface area contributed by atoms with Crippen molar-refractivity contribution < 1.29 is 4.74 Å². The smallest absolute Gasteiger partial charge is 0.0732 e. The summed E-state index contributed by atoms with van der Waals surface area (Å²) in [4.78, 5) is 0. The predicted molar refractivity (Wildman–Crippen MR) is 116 cm³/mol. The minimum absolute atomic E-state index is 0.360. The van der Waals surface area contributed by atoms with Gasteiger partial charge in [-0.05, 0) is 102 Å². The highest BCUT2D eigenvalue weighted by atomic mass is 16.5. The Morgan fingerprint density at radius 2 is 1.32 bits per heavy atom. The average Bonchev–Trinajstić information content (AvgIpc) is 2.70. The lowest BCUT2D eigenvalue weighted by atomic mass is 9.48. The summed E-state index contributed by atoms with van der Waals surface area (Å²) in [6, 6.07) is 19.9. The van der Waals surface area contributed by atoms with Crippen LogP contribution in [0.15, 0.2) is 54.6 Å². The van der Waals surface area contributed by atoms with Crippen molar-refractivity contribution in [1.82, 2.24) is 0 Å². The quantitative estimate of drug-likeness (QED) is 0.444. The average molecular weight is 371 g/mol. The number of ether oxygens (including phenoxy) is 1. The van der Waals surface area contributed by atoms with Crippen LogP contribution in [0.3, 0.4) is 0 Å². The summed E-state index contributed by atoms with van der Waals surface area (Å²) in [5, 5.41) is 5.34. The van der Waals surface area contributed by atoms with Gasteiger partial charge >= 0.3 is 0 Å². The van der Waals surface area contributed by atoms with Crippen molar-refractivity contribution in [3.63, 3.8) is 0 Å². The van der Waals surface area contributed by atoms with Gasteiger partial charge in [0.1, 0.15) is 0 Å². The fourth-order valence-corrected chi connectivity index (χ4v) is 7.32. The molecule has 1 atom stereocenters. The zero-order valence-electron chi connectivity index (χ0n) is 16.9. The molecular weight excluding hydrogens is 340 g/mol. The Morgan fingerprint density at radius 1 is 0.821 bits per heavy atom. The van der Waals surface area contributed by atoms with Crippen LogP contribution in [-0.2, 0) is 11.3 Å². The van der Waals surface area contributed by atoms with Crippen LogP contribution >= 0.6 is 0 Å². The number of fused-ring (bicyclic) bond motifs is 2. The summed E-state index contributed by atoms with van der Waals surface area (Å²) in [7, 11) is 0. The molecule has 0 N–H and O–H groups in total. The molecule has 4 bridgehead atoms. The van der Waals surface area contributed by atoms with E-state index in [4.69, 9.17) is 4.74 Å². The topological polar surface area (TPSA) is 9.23 Å². The molecule has 1 nitrogen and oxygen atoms in total. The number of hydrogen-bond acceptors (Lipinski definition) is 1. The predicted octanol–water partition coefficient (Wildman–Crippen LogP) is 7.11. The van der Waals surface area contributed by atoms with Crippen molar-refractivity contribution in [2.45, 2.75) is 58.2 Å². The molecular formula is C27H30O. The molecule has 4 aliphatic rings. The van der Waals surface area contributed by atoms with Gasteiger partial charge in [0.05, 0.1) is 12.7 Å². The largest absolute Gasteiger partial charge is 0.373 e. The van der Waals surface area contributed by atoms with Gasteiger partial charge in [-0.2, -0.15) is 0 Å². The Labute approximate surface area is 168 Å². The Bertz CT molecular complexity index is 944. The van der Waals surface area contributed by atoms with Crippen LogP contribution in [0.5, 0.6) is 0 Å². The lowest BCUT2D eigenvalue weighted by Crippen LogP contribution is -2.51. The standard InChI is InChI=1S/C27H30O/c1-18(27-14-19-10-20(15-27)12-21(11-19)16-27)28-17-26-24-8-4-2-6-22(24)13-23-7-3-5-9-25(23)26/h2-9,13,18-21H,10-12,14-17H2,1H3. The van der Waals surface area contributed by atoms with E-state index in [0.29, 0.717) is 11.5 Å². The first-order valence-electron chi connectivity index (χ1n) is 11.2. The molecule has 4 saturated carbocycles. The fraction of sp³-hybridized carbons (Fsp3) is 0.481. The lowest BCUT2D eigenvalue weighted by molar-refractivity contribution is -0.139. The van der Waals surface area contributed by atoms with Crippen molar-refractivity contribution in [3.8, 4) is 0 Å². The molecule has 0 saturated heterocycles. The van der Waals surface area contributed by atoms with E-state index in [-0.39, 0.29) is 0 Å². The Hall–Kier alpha value is -1.86. The minimum atomic E-state index is 0.360. The molecule has 4 fully saturated rings. The van der Waals surface area contributed by atoms with Crippen LogP contribution in [-0.4, -0.2) is 6.10 Å². The van der Waals surface area contributed by atoms with Crippen molar-refractivity contribution in [3.05, 3.63) is 60.2 Å². The molecule has 0 amide bonds. The maximum absolute atomic E-state index is 6.73. The molecule has 0 spiro atoms. The van der Waals surface area contributed by atoms with E-state index in [9.17, 15) is 0 Å². The first-order chi connectivity index (χ1) is 13.7. The summed E-state index contributed by atoms with van der Waals surface area (Å²) in [6.45, 7) is 3.10. The normalized spacial score (nSPS) is 32.2. The van der Waals surface area contributed by atoms with Gasteiger partial charge < -0.3 is 4.74 Å². The minimum Gasteiger partial charge on any atom is -0.373 e. The molecule has 7 rings (SSSR count). The SMILES string of the molecule is CC(OCc1c2ccccc2cc2ccccc12)C12CC3CC(CC(C3)C1)C2. The highest BCUT2D eigenvalue weighted by Crippen LogP contribution is 2.61. The third-order valence-corrected chi connectivity index (χ3v) is 8.31. The van der Waals surface area contributed by atoms with Crippen LogP contribution < -0.4 is 0 Å². The van der Waals surface area contributed by atoms with E-state index < -0.39 is 0 Å². The molecule has 4 aliphatic carbocycles. The van der Waals surface area contributed by atoms with Gasteiger partial charge in [0.25, 0.3) is 0 Å². The second-order valence-electron chi connectivity index (χ2n) is 10.0. The molecule has 1 unspecified atom stereocenters. The summed E-state index contributed by atoms with van der Waals surface area (Å²) in [5.41, 5.74) is 1.82. The summed E-state index contributed by atoms with van der Waals surface area (Å²) < 4.78 is 6.73. The van der Waals surface area contributed by atoms with Crippen molar-refractivity contribution in [1.29, 1.82) is 0 Å². The van der Waals surface area contributed by atoms with E-state index in [2.05, 4.69) is 61.5 Å². The van der Waals surface area contributed by atoms with Gasteiger partial charge in [0.2, 0.25) is 0 Å². The molecule has 3 aromatic rings. The van der Waals surface area contributed by atoms with Crippen molar-refractivity contribution in [2.75, 3.05) is 0 Å². The zero-order valence-corrected chi connectivity index (χ0v) is 16.9. The van der Waals surface area contributed by atoms with E-state index >= 15 is 0 Å². The number of benzene rings is 3. The summed E-state index contributed by atoms with van der Waals surface area (Å²) in [5.74, 6) is 2.95. The van der Waals surface area contributed by atoms with Gasteiger partial charge in [0.15, 0.2) is 0 Å². The van der Waals surface area contributed by atoms with Gasteiger partial charge in [-0.1, -0.05) is 48.5 Å². The first-order valence-corrected chi connectivity index (χ1v) is 11.2. The highest BCUT2D eigenvalue weighted by Gasteiger charge is 2.53. The van der Waals surface area contributed by atoms with E-state index in [0.717, 1.165) is 24.4 Å². The molecule has 144 valence electrons. The van der Waals surface area contributed by atoms with Crippen LogP contribution in [0.4, 0.5) is 0 Å². The monoisotopic (exact) mass is 370 g/mol. The molecule has 3 aromatic carbocycles. The van der Waals surface area contributed by atoms with Gasteiger partial charge in [-0.15, -0.1) is 0 Å². The van der Waals surface area contributed by atoms with E-state index in [1.54, 1.807) is 0 Å². The molecule has 0 radical (unpaired) electrons. The molecule has 0 heterocycles. The highest BCUT2D eigenvalue weighted by molar-refractivity contribution is 6.02. The zero-order chi connectivity index (χ0) is 18.7. The van der Waals surface area contributed by atoms with Crippen molar-refractivity contribution >= 4 is 21.5 Å². The second-order valence-corrected chi connectivity index (χ2v) is 10.0. The van der Waals surface area contributed by atoms with E-state index in [1.165, 1.54) is 65.6 Å². The Kier molecular flexibility index (Phi) is 3.85. The summed E-state index contributed by atoms with van der Waals surface area (Å²) >= 11 is 0. The van der Waals surface area contributed by atoms with Gasteiger partial charge in [-0.25, -0.2) is 0 Å². The summed E-state index contributed by atoms with van der Waals surface area (Å²) in [6.07, 6.45) is 9.10.